The molecule has 8 heteroatoms. The summed E-state index contributed by atoms with van der Waals surface area (Å²) >= 11 is 6.35. The van der Waals surface area contributed by atoms with Gasteiger partial charge in [-0.3, -0.25) is 4.79 Å². The Kier molecular flexibility index (Phi) is 7.08. The highest BCUT2D eigenvalue weighted by atomic mass is 35.5. The second kappa shape index (κ2) is 9.81. The summed E-state index contributed by atoms with van der Waals surface area (Å²) in [6.45, 7) is 3.35. The Bertz CT molecular complexity index is 1080. The van der Waals surface area contributed by atoms with Crippen LogP contribution in [-0.2, 0) is 23.0 Å². The third kappa shape index (κ3) is 5.45. The molecule has 32 heavy (non-hydrogen) atoms. The molecule has 2 aliphatic heterocycles. The van der Waals surface area contributed by atoms with Gasteiger partial charge in [-0.05, 0) is 67.0 Å². The highest BCUT2D eigenvalue weighted by molar-refractivity contribution is 7.88. The molecular formula is C24H30ClN3O3S. The van der Waals surface area contributed by atoms with Crippen molar-refractivity contribution >= 4 is 33.2 Å². The second-order valence-corrected chi connectivity index (χ2v) is 11.2. The summed E-state index contributed by atoms with van der Waals surface area (Å²) in [7, 11) is -3.12. The molecule has 0 radical (unpaired) electrons. The molecule has 0 aromatic heterocycles. The number of nitrogens with one attached hydrogen (secondary N) is 1. The van der Waals surface area contributed by atoms with E-state index in [4.69, 9.17) is 11.6 Å². The van der Waals surface area contributed by atoms with Gasteiger partial charge in [0.05, 0.1) is 6.26 Å². The van der Waals surface area contributed by atoms with E-state index in [9.17, 15) is 13.2 Å². The van der Waals surface area contributed by atoms with E-state index in [0.29, 0.717) is 31.1 Å². The molecule has 2 aromatic carbocycles. The summed E-state index contributed by atoms with van der Waals surface area (Å²) in [4.78, 5) is 15.1. The first kappa shape index (κ1) is 23.1. The predicted molar refractivity (Wildman–Crippen MR) is 129 cm³/mol. The number of fused-ring (bicyclic) bond motifs is 1. The molecule has 4 rings (SSSR count). The van der Waals surface area contributed by atoms with Crippen molar-refractivity contribution in [3.05, 3.63) is 64.2 Å². The van der Waals surface area contributed by atoms with E-state index < -0.39 is 10.0 Å². The van der Waals surface area contributed by atoms with Crippen LogP contribution >= 0.6 is 11.6 Å². The number of halogens is 1. The van der Waals surface area contributed by atoms with Gasteiger partial charge in [0.25, 0.3) is 5.91 Å². The first-order valence-electron chi connectivity index (χ1n) is 11.2. The Morgan fingerprint density at radius 1 is 1.12 bits per heavy atom. The molecule has 2 aliphatic rings. The zero-order valence-electron chi connectivity index (χ0n) is 18.4. The fourth-order valence-electron chi connectivity index (χ4n) is 4.60. The molecule has 1 saturated heterocycles. The molecular weight excluding hydrogens is 446 g/mol. The van der Waals surface area contributed by atoms with Gasteiger partial charge in [-0.1, -0.05) is 29.8 Å². The normalized spacial score (nSPS) is 17.8. The molecule has 0 atom stereocenters. The lowest BCUT2D eigenvalue weighted by Crippen LogP contribution is -2.41. The van der Waals surface area contributed by atoms with Crippen molar-refractivity contribution in [3.8, 4) is 0 Å². The number of amides is 1. The third-order valence-electron chi connectivity index (χ3n) is 6.47. The topological polar surface area (TPSA) is 69.7 Å². The molecule has 0 aliphatic carbocycles. The minimum absolute atomic E-state index is 0.0680. The van der Waals surface area contributed by atoms with Crippen LogP contribution in [0, 0.1) is 5.92 Å². The van der Waals surface area contributed by atoms with E-state index in [-0.39, 0.29) is 5.91 Å². The maximum absolute atomic E-state index is 12.8. The average Bonchev–Trinajstić information content (AvgIpc) is 2.78. The molecule has 0 unspecified atom stereocenters. The van der Waals surface area contributed by atoms with Crippen molar-refractivity contribution in [1.82, 2.24) is 9.62 Å². The first-order chi connectivity index (χ1) is 15.3. The van der Waals surface area contributed by atoms with Crippen molar-refractivity contribution in [3.63, 3.8) is 0 Å². The standard InChI is InChI=1S/C24H30ClN3O3S/c1-32(30,31)28-13-10-18(11-14-28)16-26-24(29)20-8-9-23-19(15-20)6-4-12-27(23)17-21-5-2-3-7-22(21)25/h2-3,5,7-9,15,18H,4,6,10-14,16-17H2,1H3,(H,26,29). The Balaban J connectivity index is 1.36. The molecule has 1 fully saturated rings. The number of nitrogens with zero attached hydrogens (tertiary/aromatic N) is 2. The van der Waals surface area contributed by atoms with Crippen molar-refractivity contribution < 1.29 is 13.2 Å². The van der Waals surface area contributed by atoms with Gasteiger partial charge in [-0.25, -0.2) is 12.7 Å². The van der Waals surface area contributed by atoms with E-state index in [1.54, 1.807) is 0 Å². The molecule has 6 nitrogen and oxygen atoms in total. The van der Waals surface area contributed by atoms with E-state index in [1.165, 1.54) is 21.8 Å². The summed E-state index contributed by atoms with van der Waals surface area (Å²) in [6, 6.07) is 13.9. The van der Waals surface area contributed by atoms with Gasteiger partial charge >= 0.3 is 0 Å². The molecule has 1 amide bonds. The van der Waals surface area contributed by atoms with Crippen LogP contribution in [-0.4, -0.2) is 51.1 Å². The lowest BCUT2D eigenvalue weighted by Gasteiger charge is -2.32. The van der Waals surface area contributed by atoms with Gasteiger partial charge in [0.1, 0.15) is 0 Å². The second-order valence-electron chi connectivity index (χ2n) is 8.78. The molecule has 0 spiro atoms. The van der Waals surface area contributed by atoms with Crippen LogP contribution in [0.3, 0.4) is 0 Å². The lowest BCUT2D eigenvalue weighted by atomic mass is 9.97. The van der Waals surface area contributed by atoms with Gasteiger partial charge < -0.3 is 10.2 Å². The Hall–Kier alpha value is -2.09. The molecule has 0 saturated carbocycles. The zero-order chi connectivity index (χ0) is 22.7. The van der Waals surface area contributed by atoms with E-state index in [1.807, 2.05) is 36.4 Å². The smallest absolute Gasteiger partial charge is 0.251 e. The van der Waals surface area contributed by atoms with Gasteiger partial charge in [0, 0.05) is 49.0 Å². The van der Waals surface area contributed by atoms with Crippen LogP contribution in [0.5, 0.6) is 0 Å². The number of benzene rings is 2. The van der Waals surface area contributed by atoms with Crippen LogP contribution in [0.25, 0.3) is 0 Å². The van der Waals surface area contributed by atoms with Crippen molar-refractivity contribution in [2.45, 2.75) is 32.2 Å². The summed E-state index contributed by atoms with van der Waals surface area (Å²) in [5, 5.41) is 3.83. The number of rotatable bonds is 6. The van der Waals surface area contributed by atoms with Crippen molar-refractivity contribution in [2.75, 3.05) is 37.3 Å². The summed E-state index contributed by atoms with van der Waals surface area (Å²) < 4.78 is 24.8. The fraction of sp³-hybridized carbons (Fsp3) is 0.458. The van der Waals surface area contributed by atoms with Gasteiger partial charge in [-0.2, -0.15) is 0 Å². The number of anilines is 1. The summed E-state index contributed by atoms with van der Waals surface area (Å²) in [6.07, 6.45) is 4.80. The number of piperidine rings is 1. The van der Waals surface area contributed by atoms with Gasteiger partial charge in [-0.15, -0.1) is 0 Å². The highest BCUT2D eigenvalue weighted by Gasteiger charge is 2.25. The molecule has 172 valence electrons. The van der Waals surface area contributed by atoms with E-state index in [2.05, 4.69) is 16.3 Å². The van der Waals surface area contributed by atoms with Crippen LogP contribution in [0.15, 0.2) is 42.5 Å². The van der Waals surface area contributed by atoms with E-state index >= 15 is 0 Å². The lowest BCUT2D eigenvalue weighted by molar-refractivity contribution is 0.0941. The quantitative estimate of drug-likeness (QED) is 0.691. The number of sulfonamides is 1. The summed E-state index contributed by atoms with van der Waals surface area (Å²) in [5.41, 5.74) is 4.14. The van der Waals surface area contributed by atoms with Gasteiger partial charge in [0.2, 0.25) is 10.0 Å². The number of aryl methyl sites for hydroxylation is 1. The molecule has 2 heterocycles. The minimum Gasteiger partial charge on any atom is -0.367 e. The van der Waals surface area contributed by atoms with Crippen molar-refractivity contribution in [1.29, 1.82) is 0 Å². The largest absolute Gasteiger partial charge is 0.367 e. The Morgan fingerprint density at radius 3 is 2.59 bits per heavy atom. The fourth-order valence-corrected chi connectivity index (χ4v) is 5.67. The minimum atomic E-state index is -3.12. The third-order valence-corrected chi connectivity index (χ3v) is 8.14. The van der Waals surface area contributed by atoms with Crippen LogP contribution in [0.4, 0.5) is 5.69 Å². The SMILES string of the molecule is CS(=O)(=O)N1CCC(CNC(=O)c2ccc3c(c2)CCCN3Cc2ccccc2Cl)CC1. The summed E-state index contributed by atoms with van der Waals surface area (Å²) in [5.74, 6) is 0.238. The van der Waals surface area contributed by atoms with Crippen LogP contribution in [0.1, 0.15) is 40.7 Å². The molecule has 2 aromatic rings. The van der Waals surface area contributed by atoms with Crippen LogP contribution in [0.2, 0.25) is 5.02 Å². The first-order valence-corrected chi connectivity index (χ1v) is 13.4. The van der Waals surface area contributed by atoms with Crippen LogP contribution < -0.4 is 10.2 Å². The Morgan fingerprint density at radius 2 is 1.88 bits per heavy atom. The Labute approximate surface area is 195 Å². The average molecular weight is 476 g/mol. The maximum atomic E-state index is 12.8. The number of hydrogen-bond acceptors (Lipinski definition) is 4. The number of hydrogen-bond donors (Lipinski definition) is 1. The van der Waals surface area contributed by atoms with Crippen molar-refractivity contribution in [2.24, 2.45) is 5.92 Å². The molecule has 1 N–H and O–H groups in total. The predicted octanol–water partition coefficient (Wildman–Crippen LogP) is 3.69. The zero-order valence-corrected chi connectivity index (χ0v) is 20.0. The van der Waals surface area contributed by atoms with E-state index in [0.717, 1.165) is 49.4 Å². The molecule has 0 bridgehead atoms. The number of carbonyl (C=O) groups is 1. The monoisotopic (exact) mass is 475 g/mol. The highest BCUT2D eigenvalue weighted by Crippen LogP contribution is 2.30. The maximum Gasteiger partial charge on any atom is 0.251 e. The number of carbonyl (C=O) groups excluding carboxylic acids is 1. The van der Waals surface area contributed by atoms with Gasteiger partial charge in [0.15, 0.2) is 0 Å².